The molecule has 1 aliphatic heterocycles. The number of amides is 1. The summed E-state index contributed by atoms with van der Waals surface area (Å²) >= 11 is 0. The minimum Gasteiger partial charge on any atom is -0.481 e. The number of carbonyl (C=O) groups is 2. The Bertz CT molecular complexity index is 518. The third-order valence-electron chi connectivity index (χ3n) is 2.94. The van der Waals surface area contributed by atoms with Gasteiger partial charge in [0.1, 0.15) is 11.8 Å². The van der Waals surface area contributed by atoms with Gasteiger partial charge in [0.05, 0.1) is 11.5 Å². The zero-order valence-corrected chi connectivity index (χ0v) is 9.54. The van der Waals surface area contributed by atoms with Crippen molar-refractivity contribution in [1.29, 1.82) is 5.26 Å². The van der Waals surface area contributed by atoms with E-state index in [4.69, 9.17) is 10.4 Å². The average molecular weight is 245 g/mol. The van der Waals surface area contributed by atoms with Crippen molar-refractivity contribution in [3.8, 4) is 6.07 Å². The van der Waals surface area contributed by atoms with Gasteiger partial charge in [-0.2, -0.15) is 5.26 Å². The van der Waals surface area contributed by atoms with Gasteiger partial charge >= 0.3 is 5.97 Å². The molecule has 1 unspecified atom stereocenters. The van der Waals surface area contributed by atoms with E-state index in [0.717, 1.165) is 0 Å². The van der Waals surface area contributed by atoms with Gasteiger partial charge in [-0.25, -0.2) is 4.98 Å². The molecule has 6 heteroatoms. The molecule has 18 heavy (non-hydrogen) atoms. The summed E-state index contributed by atoms with van der Waals surface area (Å²) in [5, 5.41) is 17.5. The van der Waals surface area contributed by atoms with E-state index in [2.05, 4.69) is 4.98 Å². The van der Waals surface area contributed by atoms with Gasteiger partial charge in [0.2, 0.25) is 0 Å². The Labute approximate surface area is 103 Å². The molecule has 0 aromatic carbocycles. The van der Waals surface area contributed by atoms with Gasteiger partial charge in [-0.3, -0.25) is 9.59 Å². The largest absolute Gasteiger partial charge is 0.481 e. The number of carbonyl (C=O) groups excluding carboxylic acids is 1. The molecule has 0 aliphatic carbocycles. The van der Waals surface area contributed by atoms with Crippen LogP contribution >= 0.6 is 0 Å². The second-order valence-corrected chi connectivity index (χ2v) is 4.12. The van der Waals surface area contributed by atoms with E-state index in [1.165, 1.54) is 23.2 Å². The highest BCUT2D eigenvalue weighted by Crippen LogP contribution is 2.18. The monoisotopic (exact) mass is 245 g/mol. The van der Waals surface area contributed by atoms with Crippen LogP contribution in [0.3, 0.4) is 0 Å². The average Bonchev–Trinajstić information content (AvgIpc) is 2.88. The van der Waals surface area contributed by atoms with Gasteiger partial charge in [0.15, 0.2) is 0 Å². The summed E-state index contributed by atoms with van der Waals surface area (Å²) in [4.78, 5) is 28.2. The molecule has 1 aliphatic rings. The number of carboxylic acid groups (broad SMARTS) is 1. The molecule has 1 saturated heterocycles. The maximum atomic E-state index is 12.0. The molecule has 1 fully saturated rings. The number of nitriles is 1. The summed E-state index contributed by atoms with van der Waals surface area (Å²) in [6.45, 7) is 0.646. The Morgan fingerprint density at radius 2 is 2.28 bits per heavy atom. The molecule has 0 spiro atoms. The molecular weight excluding hydrogens is 234 g/mol. The summed E-state index contributed by atoms with van der Waals surface area (Å²) < 4.78 is 0. The Hall–Kier alpha value is -2.42. The summed E-state index contributed by atoms with van der Waals surface area (Å²) in [5.74, 6) is -1.66. The lowest BCUT2D eigenvalue weighted by Crippen LogP contribution is -2.30. The van der Waals surface area contributed by atoms with Crippen LogP contribution in [0.15, 0.2) is 18.3 Å². The van der Waals surface area contributed by atoms with Crippen LogP contribution in [0, 0.1) is 17.2 Å². The highest BCUT2D eigenvalue weighted by atomic mass is 16.4. The van der Waals surface area contributed by atoms with E-state index in [0.29, 0.717) is 18.5 Å². The van der Waals surface area contributed by atoms with Gasteiger partial charge in [-0.1, -0.05) is 0 Å². The fourth-order valence-corrected chi connectivity index (χ4v) is 1.89. The number of hydrogen-bond acceptors (Lipinski definition) is 4. The first-order valence-corrected chi connectivity index (χ1v) is 5.50. The molecule has 1 N–H and O–H groups in total. The predicted octanol–water partition coefficient (Wildman–Crippen LogP) is 0.500. The van der Waals surface area contributed by atoms with Gasteiger partial charge in [0.25, 0.3) is 5.91 Å². The molecule has 0 saturated carbocycles. The van der Waals surface area contributed by atoms with Crippen LogP contribution in [0.1, 0.15) is 22.5 Å². The summed E-state index contributed by atoms with van der Waals surface area (Å²) in [7, 11) is 0. The smallest absolute Gasteiger partial charge is 0.308 e. The SMILES string of the molecule is N#Cc1ccc(C(=O)N2CCC(C(=O)O)C2)nc1. The first-order chi connectivity index (χ1) is 8.61. The van der Waals surface area contributed by atoms with Crippen LogP contribution in [-0.4, -0.2) is 40.0 Å². The van der Waals surface area contributed by atoms with E-state index in [9.17, 15) is 9.59 Å². The maximum absolute atomic E-state index is 12.0. The van der Waals surface area contributed by atoms with Gasteiger partial charge < -0.3 is 10.0 Å². The molecule has 2 heterocycles. The molecule has 0 bridgehead atoms. The van der Waals surface area contributed by atoms with E-state index in [-0.39, 0.29) is 18.1 Å². The first-order valence-electron chi connectivity index (χ1n) is 5.50. The quantitative estimate of drug-likeness (QED) is 0.818. The fourth-order valence-electron chi connectivity index (χ4n) is 1.89. The van der Waals surface area contributed by atoms with Crippen molar-refractivity contribution in [2.45, 2.75) is 6.42 Å². The normalized spacial score (nSPS) is 18.4. The van der Waals surface area contributed by atoms with Crippen molar-refractivity contribution in [3.05, 3.63) is 29.6 Å². The Kier molecular flexibility index (Phi) is 3.24. The van der Waals surface area contributed by atoms with Crippen molar-refractivity contribution in [2.75, 3.05) is 13.1 Å². The van der Waals surface area contributed by atoms with Gasteiger partial charge in [-0.05, 0) is 18.6 Å². The van der Waals surface area contributed by atoms with E-state index < -0.39 is 11.9 Å². The standard InChI is InChI=1S/C12H11N3O3/c13-5-8-1-2-10(14-6-8)11(16)15-4-3-9(7-15)12(17)18/h1-2,6,9H,3-4,7H2,(H,17,18). The zero-order chi connectivity index (χ0) is 13.1. The Morgan fingerprint density at radius 3 is 2.78 bits per heavy atom. The highest BCUT2D eigenvalue weighted by molar-refractivity contribution is 5.93. The summed E-state index contributed by atoms with van der Waals surface area (Å²) in [5.41, 5.74) is 0.622. The fraction of sp³-hybridized carbons (Fsp3) is 0.333. The number of hydrogen-bond donors (Lipinski definition) is 1. The van der Waals surface area contributed by atoms with Crippen molar-refractivity contribution >= 4 is 11.9 Å². The molecule has 2 rings (SSSR count). The zero-order valence-electron chi connectivity index (χ0n) is 9.54. The maximum Gasteiger partial charge on any atom is 0.308 e. The van der Waals surface area contributed by atoms with Crippen LogP contribution in [0.25, 0.3) is 0 Å². The lowest BCUT2D eigenvalue weighted by Gasteiger charge is -2.14. The molecular formula is C12H11N3O3. The number of carboxylic acids is 1. The minimum absolute atomic E-state index is 0.218. The number of pyridine rings is 1. The lowest BCUT2D eigenvalue weighted by atomic mass is 10.1. The molecule has 1 atom stereocenters. The van der Waals surface area contributed by atoms with Crippen molar-refractivity contribution in [3.63, 3.8) is 0 Å². The van der Waals surface area contributed by atoms with Gasteiger partial charge in [0, 0.05) is 19.3 Å². The molecule has 1 amide bonds. The molecule has 1 aromatic rings. The summed E-state index contributed by atoms with van der Waals surface area (Å²) in [6.07, 6.45) is 1.80. The molecule has 1 aromatic heterocycles. The Balaban J connectivity index is 2.08. The highest BCUT2D eigenvalue weighted by Gasteiger charge is 2.31. The second kappa shape index (κ2) is 4.84. The third-order valence-corrected chi connectivity index (χ3v) is 2.94. The van der Waals surface area contributed by atoms with Crippen LogP contribution in [0.4, 0.5) is 0 Å². The second-order valence-electron chi connectivity index (χ2n) is 4.12. The third kappa shape index (κ3) is 2.30. The van der Waals surface area contributed by atoms with Crippen molar-refractivity contribution in [1.82, 2.24) is 9.88 Å². The van der Waals surface area contributed by atoms with Crippen molar-refractivity contribution in [2.24, 2.45) is 5.92 Å². The van der Waals surface area contributed by atoms with Crippen LogP contribution < -0.4 is 0 Å². The molecule has 6 nitrogen and oxygen atoms in total. The van der Waals surface area contributed by atoms with Crippen LogP contribution in [0.5, 0.6) is 0 Å². The van der Waals surface area contributed by atoms with E-state index in [1.807, 2.05) is 6.07 Å². The topological polar surface area (TPSA) is 94.3 Å². The number of likely N-dealkylation sites (tertiary alicyclic amines) is 1. The Morgan fingerprint density at radius 1 is 1.50 bits per heavy atom. The number of aromatic nitrogens is 1. The number of nitrogens with zero attached hydrogens (tertiary/aromatic N) is 3. The van der Waals surface area contributed by atoms with Crippen LogP contribution in [-0.2, 0) is 4.79 Å². The minimum atomic E-state index is -0.877. The van der Waals surface area contributed by atoms with Crippen molar-refractivity contribution < 1.29 is 14.7 Å². The van der Waals surface area contributed by atoms with E-state index in [1.54, 1.807) is 0 Å². The molecule has 0 radical (unpaired) electrons. The van der Waals surface area contributed by atoms with Crippen LogP contribution in [0.2, 0.25) is 0 Å². The number of aliphatic carboxylic acids is 1. The van der Waals surface area contributed by atoms with Gasteiger partial charge in [-0.15, -0.1) is 0 Å². The van der Waals surface area contributed by atoms with E-state index >= 15 is 0 Å². The predicted molar refractivity (Wildman–Crippen MR) is 60.6 cm³/mol. The summed E-state index contributed by atoms with van der Waals surface area (Å²) in [6, 6.07) is 4.92. The lowest BCUT2D eigenvalue weighted by molar-refractivity contribution is -0.141. The first kappa shape index (κ1) is 12.0. The molecule has 92 valence electrons. The number of rotatable bonds is 2.